The van der Waals surface area contributed by atoms with Crippen LogP contribution < -0.4 is 0 Å². The van der Waals surface area contributed by atoms with Crippen molar-refractivity contribution in [1.29, 1.82) is 0 Å². The van der Waals surface area contributed by atoms with Crippen LogP contribution in [0.1, 0.15) is 47.9 Å². The van der Waals surface area contributed by atoms with Crippen molar-refractivity contribution in [3.05, 3.63) is 69.9 Å². The van der Waals surface area contributed by atoms with Crippen LogP contribution in [0.2, 0.25) is 5.02 Å². The third kappa shape index (κ3) is 5.57. The fraction of sp³-hybridized carbons (Fsp3) is 0.364. The Labute approximate surface area is 181 Å². The highest BCUT2D eigenvalue weighted by molar-refractivity contribution is 7.98. The summed E-state index contributed by atoms with van der Waals surface area (Å²) in [5.41, 5.74) is 5.74. The zero-order chi connectivity index (χ0) is 21.0. The van der Waals surface area contributed by atoms with Crippen molar-refractivity contribution in [2.24, 2.45) is 0 Å². The molecule has 0 fully saturated rings. The molecule has 1 aromatic heterocycles. The van der Waals surface area contributed by atoms with Gasteiger partial charge in [0.25, 0.3) is 10.1 Å². The summed E-state index contributed by atoms with van der Waals surface area (Å²) in [6, 6.07) is 12.2. The number of thioether (sulfide) groups is 1. The maximum Gasteiger partial charge on any atom is 0.264 e. The molecule has 0 radical (unpaired) electrons. The van der Waals surface area contributed by atoms with Gasteiger partial charge in [-0.05, 0) is 59.9 Å². The van der Waals surface area contributed by atoms with Gasteiger partial charge < -0.3 is 4.98 Å². The van der Waals surface area contributed by atoms with Gasteiger partial charge in [-0.15, -0.1) is 0 Å². The normalized spacial score (nSPS) is 13.1. The van der Waals surface area contributed by atoms with Crippen molar-refractivity contribution >= 4 is 44.4 Å². The maximum atomic E-state index is 11.2. The van der Waals surface area contributed by atoms with Crippen LogP contribution in [-0.4, -0.2) is 29.5 Å². The van der Waals surface area contributed by atoms with Crippen LogP contribution in [0.4, 0.5) is 0 Å². The van der Waals surface area contributed by atoms with Crippen LogP contribution in [0, 0.1) is 6.92 Å². The van der Waals surface area contributed by atoms with Gasteiger partial charge >= 0.3 is 0 Å². The first kappa shape index (κ1) is 22.2. The van der Waals surface area contributed by atoms with Gasteiger partial charge in [-0.25, -0.2) is 0 Å². The van der Waals surface area contributed by atoms with Gasteiger partial charge in [0.05, 0.1) is 5.75 Å². The molecule has 7 heteroatoms. The lowest BCUT2D eigenvalue weighted by atomic mass is 9.85. The molecule has 1 heterocycles. The highest BCUT2D eigenvalue weighted by Crippen LogP contribution is 2.37. The molecule has 0 bridgehead atoms. The Hall–Kier alpha value is -1.47. The van der Waals surface area contributed by atoms with Gasteiger partial charge in [0, 0.05) is 33.8 Å². The van der Waals surface area contributed by atoms with E-state index in [0.717, 1.165) is 39.1 Å². The van der Waals surface area contributed by atoms with E-state index in [1.54, 1.807) is 0 Å². The van der Waals surface area contributed by atoms with Gasteiger partial charge in [0.1, 0.15) is 0 Å². The molecule has 0 saturated carbocycles. The Morgan fingerprint density at radius 1 is 1.21 bits per heavy atom. The number of benzene rings is 2. The largest absolute Gasteiger partial charge is 0.361 e. The van der Waals surface area contributed by atoms with Gasteiger partial charge in [0.15, 0.2) is 0 Å². The third-order valence-corrected chi connectivity index (χ3v) is 7.14. The van der Waals surface area contributed by atoms with Gasteiger partial charge in [-0.3, -0.25) is 4.55 Å². The smallest absolute Gasteiger partial charge is 0.264 e. The Bertz CT molecular complexity index is 1090. The molecule has 3 rings (SSSR count). The molecule has 3 aromatic rings. The number of aryl methyl sites for hydroxylation is 1. The topological polar surface area (TPSA) is 70.2 Å². The van der Waals surface area contributed by atoms with E-state index >= 15 is 0 Å². The molecule has 29 heavy (non-hydrogen) atoms. The first-order valence-corrected chi connectivity index (χ1v) is 12.8. The summed E-state index contributed by atoms with van der Waals surface area (Å²) in [4.78, 5) is 3.45. The van der Waals surface area contributed by atoms with Crippen LogP contribution in [0.3, 0.4) is 0 Å². The molecule has 2 aromatic carbocycles. The number of nitrogens with one attached hydrogen (secondary N) is 1. The molecule has 2 N–H and O–H groups in total. The molecule has 1 unspecified atom stereocenters. The molecule has 156 valence electrons. The average Bonchev–Trinajstić information content (AvgIpc) is 3.08. The number of fused-ring (bicyclic) bond motifs is 1. The predicted octanol–water partition coefficient (Wildman–Crippen LogP) is 6.18. The number of aromatic nitrogens is 1. The lowest BCUT2D eigenvalue weighted by Gasteiger charge is -2.20. The SMILES string of the molecule is CCSCc1cccc2c(C(CCCS(=O)(=O)O)c3ccc(Cl)cc3C)c[nH]c12. The second-order valence-corrected chi connectivity index (χ2v) is 10.5. The number of hydrogen-bond donors (Lipinski definition) is 2. The quantitative estimate of drug-likeness (QED) is 0.381. The lowest BCUT2D eigenvalue weighted by Crippen LogP contribution is -2.08. The number of aromatic amines is 1. The van der Waals surface area contributed by atoms with E-state index in [-0.39, 0.29) is 11.7 Å². The summed E-state index contributed by atoms with van der Waals surface area (Å²) in [6.07, 6.45) is 3.03. The minimum atomic E-state index is -3.98. The maximum absolute atomic E-state index is 11.2. The van der Waals surface area contributed by atoms with Crippen molar-refractivity contribution in [2.45, 2.75) is 38.4 Å². The predicted molar refractivity (Wildman–Crippen MR) is 124 cm³/mol. The second kappa shape index (κ2) is 9.56. The molecule has 0 aliphatic heterocycles. The number of halogens is 1. The Morgan fingerprint density at radius 2 is 2.00 bits per heavy atom. The van der Waals surface area contributed by atoms with Crippen LogP contribution in [0.5, 0.6) is 0 Å². The van der Waals surface area contributed by atoms with Gasteiger partial charge in [-0.2, -0.15) is 20.2 Å². The van der Waals surface area contributed by atoms with Crippen molar-refractivity contribution in [3.8, 4) is 0 Å². The summed E-state index contributed by atoms with van der Waals surface area (Å²) in [5, 5.41) is 1.84. The first-order valence-electron chi connectivity index (χ1n) is 9.68. The van der Waals surface area contributed by atoms with E-state index in [2.05, 4.69) is 30.1 Å². The van der Waals surface area contributed by atoms with Crippen LogP contribution in [0.15, 0.2) is 42.6 Å². The van der Waals surface area contributed by atoms with Crippen LogP contribution in [-0.2, 0) is 15.9 Å². The fourth-order valence-electron chi connectivity index (χ4n) is 3.84. The molecule has 0 spiro atoms. The summed E-state index contributed by atoms with van der Waals surface area (Å²) < 4.78 is 31.6. The number of H-pyrrole nitrogens is 1. The molecule has 0 amide bonds. The minimum absolute atomic E-state index is 0.0110. The van der Waals surface area contributed by atoms with Crippen molar-refractivity contribution in [2.75, 3.05) is 11.5 Å². The van der Waals surface area contributed by atoms with Gasteiger partial charge in [-0.1, -0.05) is 42.8 Å². The summed E-state index contributed by atoms with van der Waals surface area (Å²) in [6.45, 7) is 4.18. The molecule has 0 saturated heterocycles. The number of rotatable bonds is 9. The molecule has 4 nitrogen and oxygen atoms in total. The van der Waals surface area contributed by atoms with Crippen molar-refractivity contribution < 1.29 is 13.0 Å². The fourth-order valence-corrected chi connectivity index (χ4v) is 5.26. The summed E-state index contributed by atoms with van der Waals surface area (Å²) >= 11 is 8.04. The Morgan fingerprint density at radius 3 is 2.69 bits per heavy atom. The zero-order valence-electron chi connectivity index (χ0n) is 16.6. The molecule has 0 aliphatic rings. The molecule has 0 aliphatic carbocycles. The number of para-hydroxylation sites is 1. The van der Waals surface area contributed by atoms with E-state index in [1.165, 1.54) is 5.56 Å². The third-order valence-electron chi connectivity index (χ3n) is 5.17. The molecular weight excluding hydrogens is 426 g/mol. The lowest BCUT2D eigenvalue weighted by molar-refractivity contribution is 0.479. The van der Waals surface area contributed by atoms with Crippen molar-refractivity contribution in [1.82, 2.24) is 4.98 Å². The zero-order valence-corrected chi connectivity index (χ0v) is 19.0. The summed E-state index contributed by atoms with van der Waals surface area (Å²) in [7, 11) is -3.98. The minimum Gasteiger partial charge on any atom is -0.361 e. The first-order chi connectivity index (χ1) is 13.8. The highest BCUT2D eigenvalue weighted by Gasteiger charge is 2.21. The van der Waals surface area contributed by atoms with E-state index in [4.69, 9.17) is 16.2 Å². The monoisotopic (exact) mass is 451 g/mol. The average molecular weight is 452 g/mol. The summed E-state index contributed by atoms with van der Waals surface area (Å²) in [5.74, 6) is 1.78. The Kier molecular flexibility index (Phi) is 7.32. The second-order valence-electron chi connectivity index (χ2n) is 7.20. The van der Waals surface area contributed by atoms with Crippen LogP contribution in [0.25, 0.3) is 10.9 Å². The highest BCUT2D eigenvalue weighted by atomic mass is 35.5. The standard InChI is InChI=1S/C22H26ClNO3S2/c1-3-28-14-16-6-4-7-20-21(13-24-22(16)20)19(8-5-11-29(25,26)27)18-10-9-17(23)12-15(18)2/h4,6-7,9-10,12-13,19,24H,3,5,8,11,14H2,1-2H3,(H,25,26,27). The molecular formula is C22H26ClNO3S2. The van der Waals surface area contributed by atoms with E-state index in [9.17, 15) is 8.42 Å². The van der Waals surface area contributed by atoms with Gasteiger partial charge in [0.2, 0.25) is 0 Å². The Balaban J connectivity index is 2.03. The van der Waals surface area contributed by atoms with E-state index < -0.39 is 10.1 Å². The van der Waals surface area contributed by atoms with Crippen LogP contribution >= 0.6 is 23.4 Å². The van der Waals surface area contributed by atoms with E-state index in [1.807, 2.05) is 43.1 Å². The molecule has 1 atom stereocenters. The number of hydrogen-bond acceptors (Lipinski definition) is 3. The van der Waals surface area contributed by atoms with Crippen molar-refractivity contribution in [3.63, 3.8) is 0 Å². The van der Waals surface area contributed by atoms with E-state index in [0.29, 0.717) is 17.9 Å².